The highest BCUT2D eigenvalue weighted by atomic mass is 16.1. The summed E-state index contributed by atoms with van der Waals surface area (Å²) in [5, 5.41) is 5.71. The molecule has 0 aliphatic rings. The lowest BCUT2D eigenvalue weighted by atomic mass is 10.1. The molecule has 1 heterocycles. The van der Waals surface area contributed by atoms with Crippen LogP contribution in [0.4, 0.5) is 5.82 Å². The van der Waals surface area contributed by atoms with Gasteiger partial charge in [-0.05, 0) is 25.0 Å². The first kappa shape index (κ1) is 19.9. The van der Waals surface area contributed by atoms with Crippen LogP contribution in [0.25, 0.3) is 0 Å². The summed E-state index contributed by atoms with van der Waals surface area (Å²) in [5.74, 6) is 0.878. The second-order valence-electron chi connectivity index (χ2n) is 5.98. The number of hydrogen-bond donors (Lipinski definition) is 3. The summed E-state index contributed by atoms with van der Waals surface area (Å²) in [4.78, 5) is 20.2. The number of rotatable bonds is 11. The molecule has 0 radical (unpaired) electrons. The fraction of sp³-hybridized carbons (Fsp3) is 0.611. The molecule has 4 N–H and O–H groups in total. The summed E-state index contributed by atoms with van der Waals surface area (Å²) in [6, 6.07) is 3.70. The Kier molecular flexibility index (Phi) is 10.2. The molecule has 0 aliphatic heterocycles. The standard InChI is InChI=1S/C18H31N5O/c1-3-4-5-6-7-8-12-20-18(19)21-13-11-17(24)23-16-10-9-15(2)14-22-16/h9-10,14H,3-8,11-13H2,1-2H3,(H3,19,20,21)(H,22,23,24). The van der Waals surface area contributed by atoms with Gasteiger partial charge < -0.3 is 16.4 Å². The molecule has 0 aliphatic carbocycles. The maximum absolute atomic E-state index is 11.8. The van der Waals surface area contributed by atoms with Gasteiger partial charge in [0.2, 0.25) is 5.91 Å². The van der Waals surface area contributed by atoms with E-state index in [-0.39, 0.29) is 5.91 Å². The molecule has 1 amide bonds. The van der Waals surface area contributed by atoms with Crippen molar-refractivity contribution < 1.29 is 4.79 Å². The average Bonchev–Trinajstić information content (AvgIpc) is 2.56. The summed E-state index contributed by atoms with van der Waals surface area (Å²) in [6.07, 6.45) is 9.45. The van der Waals surface area contributed by atoms with Gasteiger partial charge in [0.15, 0.2) is 5.96 Å². The molecule has 0 saturated heterocycles. The molecule has 0 spiro atoms. The van der Waals surface area contributed by atoms with E-state index >= 15 is 0 Å². The monoisotopic (exact) mass is 333 g/mol. The van der Waals surface area contributed by atoms with Crippen molar-refractivity contribution in [3.63, 3.8) is 0 Å². The van der Waals surface area contributed by atoms with Crippen LogP contribution in [0, 0.1) is 6.92 Å². The number of nitrogens with two attached hydrogens (primary N) is 1. The van der Waals surface area contributed by atoms with Crippen molar-refractivity contribution in [2.24, 2.45) is 10.7 Å². The Bertz CT molecular complexity index is 499. The van der Waals surface area contributed by atoms with Crippen LogP contribution in [0.2, 0.25) is 0 Å². The minimum atomic E-state index is -0.0948. The van der Waals surface area contributed by atoms with Gasteiger partial charge in [-0.1, -0.05) is 45.1 Å². The van der Waals surface area contributed by atoms with Gasteiger partial charge >= 0.3 is 0 Å². The predicted octanol–water partition coefficient (Wildman–Crippen LogP) is 2.98. The van der Waals surface area contributed by atoms with E-state index in [9.17, 15) is 4.79 Å². The normalized spacial score (nSPS) is 11.3. The Balaban J connectivity index is 2.09. The highest BCUT2D eigenvalue weighted by Gasteiger charge is 2.03. The zero-order valence-corrected chi connectivity index (χ0v) is 15.0. The van der Waals surface area contributed by atoms with Crippen molar-refractivity contribution in [2.75, 3.05) is 18.4 Å². The van der Waals surface area contributed by atoms with Crippen LogP contribution >= 0.6 is 0 Å². The van der Waals surface area contributed by atoms with E-state index in [1.807, 2.05) is 13.0 Å². The number of pyridine rings is 1. The number of aryl methyl sites for hydroxylation is 1. The fourth-order valence-corrected chi connectivity index (χ4v) is 2.20. The van der Waals surface area contributed by atoms with Crippen molar-refractivity contribution in [3.05, 3.63) is 23.9 Å². The molecule has 1 aromatic heterocycles. The van der Waals surface area contributed by atoms with Crippen molar-refractivity contribution in [3.8, 4) is 0 Å². The molecule has 6 nitrogen and oxygen atoms in total. The maximum atomic E-state index is 11.8. The molecule has 1 aromatic rings. The van der Waals surface area contributed by atoms with Gasteiger partial charge in [-0.2, -0.15) is 0 Å². The molecule has 134 valence electrons. The summed E-state index contributed by atoms with van der Waals surface area (Å²) in [6.45, 7) is 5.37. The lowest BCUT2D eigenvalue weighted by molar-refractivity contribution is -0.116. The Hall–Kier alpha value is -2.11. The minimum absolute atomic E-state index is 0.0948. The van der Waals surface area contributed by atoms with Gasteiger partial charge in [0.25, 0.3) is 0 Å². The minimum Gasteiger partial charge on any atom is -0.370 e. The van der Waals surface area contributed by atoms with Gasteiger partial charge in [-0.15, -0.1) is 0 Å². The third-order valence-corrected chi connectivity index (χ3v) is 3.63. The van der Waals surface area contributed by atoms with Crippen molar-refractivity contribution in [1.82, 2.24) is 10.3 Å². The summed E-state index contributed by atoms with van der Waals surface area (Å²) in [7, 11) is 0. The SMILES string of the molecule is CCCCCCCCN=C(N)NCCC(=O)Nc1ccc(C)cn1. The third-order valence-electron chi connectivity index (χ3n) is 3.63. The molecule has 0 saturated carbocycles. The molecular weight excluding hydrogens is 302 g/mol. The number of hydrogen-bond acceptors (Lipinski definition) is 3. The lowest BCUT2D eigenvalue weighted by Crippen LogP contribution is -2.34. The number of nitrogens with zero attached hydrogens (tertiary/aromatic N) is 2. The summed E-state index contributed by atoms with van der Waals surface area (Å²) < 4.78 is 0. The number of carbonyl (C=O) groups excluding carboxylic acids is 1. The summed E-state index contributed by atoms with van der Waals surface area (Å²) >= 11 is 0. The maximum Gasteiger partial charge on any atom is 0.227 e. The quantitative estimate of drug-likeness (QED) is 0.330. The van der Waals surface area contributed by atoms with Crippen LogP contribution in [0.1, 0.15) is 57.4 Å². The zero-order valence-electron chi connectivity index (χ0n) is 15.0. The number of carbonyl (C=O) groups is 1. The average molecular weight is 333 g/mol. The molecule has 0 unspecified atom stereocenters. The van der Waals surface area contributed by atoms with E-state index < -0.39 is 0 Å². The number of aromatic nitrogens is 1. The topological polar surface area (TPSA) is 92.4 Å². The van der Waals surface area contributed by atoms with E-state index in [2.05, 4.69) is 27.5 Å². The molecule has 0 atom stereocenters. The smallest absolute Gasteiger partial charge is 0.227 e. The van der Waals surface area contributed by atoms with Crippen LogP contribution in [0.3, 0.4) is 0 Å². The van der Waals surface area contributed by atoms with Crippen LogP contribution < -0.4 is 16.4 Å². The first-order valence-corrected chi connectivity index (χ1v) is 8.88. The van der Waals surface area contributed by atoms with Gasteiger partial charge in [0, 0.05) is 25.7 Å². The Morgan fingerprint density at radius 2 is 1.96 bits per heavy atom. The molecule has 0 fully saturated rings. The molecule has 24 heavy (non-hydrogen) atoms. The molecule has 6 heteroatoms. The molecule has 0 aromatic carbocycles. The second-order valence-corrected chi connectivity index (χ2v) is 5.98. The number of nitrogens with one attached hydrogen (secondary N) is 2. The van der Waals surface area contributed by atoms with Crippen molar-refractivity contribution in [2.45, 2.75) is 58.8 Å². The van der Waals surface area contributed by atoms with E-state index in [0.29, 0.717) is 24.7 Å². The van der Waals surface area contributed by atoms with Crippen molar-refractivity contribution >= 4 is 17.7 Å². The van der Waals surface area contributed by atoms with E-state index in [0.717, 1.165) is 18.5 Å². The van der Waals surface area contributed by atoms with Crippen LogP contribution in [0.15, 0.2) is 23.3 Å². The first-order chi connectivity index (χ1) is 11.6. The Morgan fingerprint density at radius 3 is 2.67 bits per heavy atom. The summed E-state index contributed by atoms with van der Waals surface area (Å²) in [5.41, 5.74) is 6.85. The largest absolute Gasteiger partial charge is 0.370 e. The van der Waals surface area contributed by atoms with Crippen LogP contribution in [-0.2, 0) is 4.79 Å². The van der Waals surface area contributed by atoms with E-state index in [4.69, 9.17) is 5.73 Å². The fourth-order valence-electron chi connectivity index (χ4n) is 2.20. The Labute approximate surface area is 145 Å². The van der Waals surface area contributed by atoms with Crippen molar-refractivity contribution in [1.29, 1.82) is 0 Å². The van der Waals surface area contributed by atoms with Gasteiger partial charge in [-0.3, -0.25) is 9.79 Å². The highest BCUT2D eigenvalue weighted by Crippen LogP contribution is 2.05. The van der Waals surface area contributed by atoms with E-state index in [1.54, 1.807) is 12.3 Å². The lowest BCUT2D eigenvalue weighted by Gasteiger charge is -2.07. The van der Waals surface area contributed by atoms with Gasteiger partial charge in [-0.25, -0.2) is 4.98 Å². The molecule has 0 bridgehead atoms. The second kappa shape index (κ2) is 12.3. The number of aliphatic imine (C=N–C) groups is 1. The van der Waals surface area contributed by atoms with Gasteiger partial charge in [0.05, 0.1) is 0 Å². The van der Waals surface area contributed by atoms with Crippen LogP contribution in [-0.4, -0.2) is 29.9 Å². The zero-order chi connectivity index (χ0) is 17.6. The highest BCUT2D eigenvalue weighted by molar-refractivity contribution is 5.90. The number of guanidine groups is 1. The van der Waals surface area contributed by atoms with Gasteiger partial charge in [0.1, 0.15) is 5.82 Å². The van der Waals surface area contributed by atoms with E-state index in [1.165, 1.54) is 32.1 Å². The molecular formula is C18H31N5O. The Morgan fingerprint density at radius 1 is 1.21 bits per heavy atom. The molecule has 1 rings (SSSR count). The third kappa shape index (κ3) is 9.82. The van der Waals surface area contributed by atoms with Crippen LogP contribution in [0.5, 0.6) is 0 Å². The number of unbranched alkanes of at least 4 members (excludes halogenated alkanes) is 5. The number of amides is 1. The number of anilines is 1. The first-order valence-electron chi connectivity index (χ1n) is 8.88. The predicted molar refractivity (Wildman–Crippen MR) is 100 cm³/mol.